The Bertz CT molecular complexity index is 3120. The molecular weight excluding hydrogens is 997 g/mol. The van der Waals surface area contributed by atoms with Crippen LogP contribution in [0.5, 0.6) is 17.2 Å². The topological polar surface area (TPSA) is 101 Å². The standard InChI is InChI=1S/C63H65ClFN3O7S/c1-5-9-18-57(47-26-30-50(31-27-47)72-37-15-11-10-14-36-70-42-63(7-3)43-71-44-63)75-58-35-34-52-53(61(58)65)33-32-51(54(52)41-66-68(8-4)62-67-56-17-12-13-19-59(56)76-62)48-25-24-46(55(64)40-48)23-20-45-21-28-49(29-22-45)73-38-16-39-74-60(69)6-2/h5-6,12-13,17,19,21-22,24-35,40-41,57H,1-2,7-11,14-16,18,36-39,42-44H2,3-4H3/b66-41+. The van der Waals surface area contributed by atoms with Crippen molar-refractivity contribution < 1.29 is 37.6 Å². The van der Waals surface area contributed by atoms with Crippen LogP contribution in [0.25, 0.3) is 32.1 Å². The fourth-order valence-electron chi connectivity index (χ4n) is 8.67. The minimum atomic E-state index is -0.472. The molecule has 0 spiro atoms. The highest BCUT2D eigenvalue weighted by molar-refractivity contribution is 7.22. The summed E-state index contributed by atoms with van der Waals surface area (Å²) in [6.07, 6.45) is 11.4. The van der Waals surface area contributed by atoms with Crippen molar-refractivity contribution in [3.63, 3.8) is 0 Å². The Kier molecular flexibility index (Phi) is 20.1. The molecule has 0 amide bonds. The summed E-state index contributed by atoms with van der Waals surface area (Å²) in [6.45, 7) is 16.6. The van der Waals surface area contributed by atoms with E-state index in [9.17, 15) is 4.79 Å². The van der Waals surface area contributed by atoms with Gasteiger partial charge in [-0.25, -0.2) is 19.2 Å². The normalized spacial score (nSPS) is 13.2. The SMILES string of the molecule is C=CCCC(Oc1ccc2c(/C=N/N(CC)c3nc4ccccc4s3)c(-c3ccc(C#Cc4ccc(OCCCOC(=O)C=C)cc4)c(Cl)c3)ccc2c1F)c1ccc(OCCCCCCOCC2(CC)COC2)cc1. The molecule has 1 aromatic heterocycles. The van der Waals surface area contributed by atoms with Crippen LogP contribution in [0.1, 0.15) is 93.6 Å². The van der Waals surface area contributed by atoms with E-state index in [1.165, 1.54) is 0 Å². The molecule has 0 radical (unpaired) electrons. The molecule has 6 aromatic carbocycles. The summed E-state index contributed by atoms with van der Waals surface area (Å²) in [5.41, 5.74) is 5.78. The van der Waals surface area contributed by atoms with Gasteiger partial charge in [0.25, 0.3) is 0 Å². The average molecular weight is 1060 g/mol. The maximum Gasteiger partial charge on any atom is 0.330 e. The number of fused-ring (bicyclic) bond motifs is 2. The average Bonchev–Trinajstić information content (AvgIpc) is 3.87. The van der Waals surface area contributed by atoms with Crippen LogP contribution in [0.15, 0.2) is 146 Å². The number of carbonyl (C=O) groups excluding carboxylic acids is 1. The van der Waals surface area contributed by atoms with Crippen LogP contribution in [-0.4, -0.2) is 70.0 Å². The van der Waals surface area contributed by atoms with Gasteiger partial charge >= 0.3 is 5.97 Å². The first-order chi connectivity index (χ1) is 37.2. The monoisotopic (exact) mass is 1060 g/mol. The molecule has 8 rings (SSSR count). The van der Waals surface area contributed by atoms with Crippen molar-refractivity contribution in [1.29, 1.82) is 0 Å². The van der Waals surface area contributed by atoms with Gasteiger partial charge in [-0.05, 0) is 140 Å². The van der Waals surface area contributed by atoms with E-state index in [1.807, 2.05) is 121 Å². The first kappa shape index (κ1) is 55.2. The Morgan fingerprint density at radius 1 is 0.868 bits per heavy atom. The van der Waals surface area contributed by atoms with Crippen molar-refractivity contribution in [2.75, 3.05) is 57.8 Å². The number of aromatic nitrogens is 1. The fraction of sp³-hybridized carbons (Fsp3) is 0.317. The highest BCUT2D eigenvalue weighted by Gasteiger charge is 2.37. The summed E-state index contributed by atoms with van der Waals surface area (Å²) in [4.78, 5) is 16.1. The predicted octanol–water partition coefficient (Wildman–Crippen LogP) is 15.1. The van der Waals surface area contributed by atoms with Gasteiger partial charge in [-0.3, -0.25) is 0 Å². The van der Waals surface area contributed by atoms with Gasteiger partial charge in [0.05, 0.1) is 61.1 Å². The Morgan fingerprint density at radius 3 is 2.30 bits per heavy atom. The van der Waals surface area contributed by atoms with E-state index in [2.05, 4.69) is 31.9 Å². The molecule has 2 heterocycles. The molecule has 1 atom stereocenters. The molecule has 1 aliphatic rings. The lowest BCUT2D eigenvalue weighted by atomic mass is 9.84. The first-order valence-electron chi connectivity index (χ1n) is 26.1. The van der Waals surface area contributed by atoms with Crippen molar-refractivity contribution >= 4 is 61.2 Å². The third kappa shape index (κ3) is 14.7. The number of ether oxygens (including phenoxy) is 6. The first-order valence-corrected chi connectivity index (χ1v) is 27.3. The van der Waals surface area contributed by atoms with E-state index in [1.54, 1.807) is 29.7 Å². The van der Waals surface area contributed by atoms with Gasteiger partial charge in [-0.2, -0.15) is 5.10 Å². The number of hydrazone groups is 1. The summed E-state index contributed by atoms with van der Waals surface area (Å²) < 4.78 is 52.9. The Labute approximate surface area is 455 Å². The van der Waals surface area contributed by atoms with Crippen molar-refractivity contribution in [1.82, 2.24) is 4.98 Å². The van der Waals surface area contributed by atoms with Gasteiger partial charge in [-0.1, -0.05) is 103 Å². The van der Waals surface area contributed by atoms with Gasteiger partial charge < -0.3 is 28.4 Å². The Hall–Kier alpha value is -7.01. The van der Waals surface area contributed by atoms with Gasteiger partial charge in [-0.15, -0.1) is 6.58 Å². The molecule has 0 saturated carbocycles. The number of carbonyl (C=O) groups is 1. The number of benzene rings is 6. The van der Waals surface area contributed by atoms with Gasteiger partial charge in [0, 0.05) is 53.1 Å². The van der Waals surface area contributed by atoms with Crippen molar-refractivity contribution in [3.05, 3.63) is 174 Å². The summed E-state index contributed by atoms with van der Waals surface area (Å²) >= 11 is 8.54. The van der Waals surface area contributed by atoms with Crippen LogP contribution >= 0.6 is 22.9 Å². The fourth-order valence-corrected chi connectivity index (χ4v) is 9.89. The number of allylic oxidation sites excluding steroid dienone is 1. The van der Waals surface area contributed by atoms with Crippen molar-refractivity contribution in [2.45, 2.75) is 71.3 Å². The lowest BCUT2D eigenvalue weighted by molar-refractivity contribution is -0.150. The minimum Gasteiger partial charge on any atom is -0.494 e. The highest BCUT2D eigenvalue weighted by Crippen LogP contribution is 2.38. The van der Waals surface area contributed by atoms with E-state index in [0.29, 0.717) is 71.7 Å². The van der Waals surface area contributed by atoms with E-state index in [-0.39, 0.29) is 17.8 Å². The molecule has 394 valence electrons. The number of hydrogen-bond acceptors (Lipinski definition) is 11. The predicted molar refractivity (Wildman–Crippen MR) is 306 cm³/mol. The number of halogens is 2. The Balaban J connectivity index is 0.978. The summed E-state index contributed by atoms with van der Waals surface area (Å²) in [6, 6.07) is 36.3. The molecule has 7 aromatic rings. The largest absolute Gasteiger partial charge is 0.494 e. The number of anilines is 1. The summed E-state index contributed by atoms with van der Waals surface area (Å²) in [5, 5.41) is 9.08. The van der Waals surface area contributed by atoms with E-state index < -0.39 is 17.9 Å². The number of esters is 1. The summed E-state index contributed by atoms with van der Waals surface area (Å²) in [7, 11) is 0. The van der Waals surface area contributed by atoms with Crippen LogP contribution in [-0.2, 0) is 19.0 Å². The number of hydrogen-bond donors (Lipinski definition) is 0. The molecule has 13 heteroatoms. The Morgan fingerprint density at radius 2 is 1.61 bits per heavy atom. The zero-order valence-corrected chi connectivity index (χ0v) is 44.9. The van der Waals surface area contributed by atoms with E-state index >= 15 is 4.39 Å². The second kappa shape index (κ2) is 27.7. The quantitative estimate of drug-likeness (QED) is 0.00903. The van der Waals surface area contributed by atoms with Gasteiger partial charge in [0.2, 0.25) is 5.13 Å². The molecule has 0 bridgehead atoms. The minimum absolute atomic E-state index is 0.145. The van der Waals surface area contributed by atoms with Crippen LogP contribution < -0.4 is 19.2 Å². The molecule has 1 aliphatic heterocycles. The molecule has 0 N–H and O–H groups in total. The maximum absolute atomic E-state index is 17.0. The third-order valence-electron chi connectivity index (χ3n) is 13.3. The molecule has 76 heavy (non-hydrogen) atoms. The second-order valence-corrected chi connectivity index (χ2v) is 20.1. The van der Waals surface area contributed by atoms with Gasteiger partial charge in [0.15, 0.2) is 11.6 Å². The number of unbranched alkanes of at least 4 members (excludes halogenated alkanes) is 3. The van der Waals surface area contributed by atoms with Crippen LogP contribution in [0.2, 0.25) is 5.02 Å². The number of nitrogens with zero attached hydrogens (tertiary/aromatic N) is 3. The molecule has 1 unspecified atom stereocenters. The maximum atomic E-state index is 17.0. The highest BCUT2D eigenvalue weighted by atomic mass is 35.5. The molecular formula is C63H65ClFN3O7S. The van der Waals surface area contributed by atoms with E-state index in [0.717, 1.165) is 108 Å². The molecule has 1 saturated heterocycles. The van der Waals surface area contributed by atoms with Crippen LogP contribution in [0.3, 0.4) is 0 Å². The van der Waals surface area contributed by atoms with Crippen LogP contribution in [0.4, 0.5) is 9.52 Å². The van der Waals surface area contributed by atoms with E-state index in [4.69, 9.17) is 50.1 Å². The van der Waals surface area contributed by atoms with Crippen molar-refractivity contribution in [2.24, 2.45) is 10.5 Å². The smallest absolute Gasteiger partial charge is 0.330 e. The third-order valence-corrected chi connectivity index (χ3v) is 14.7. The number of thiazole rings is 1. The zero-order valence-electron chi connectivity index (χ0n) is 43.4. The van der Waals surface area contributed by atoms with Crippen LogP contribution in [0, 0.1) is 23.1 Å². The zero-order chi connectivity index (χ0) is 53.1. The lowest BCUT2D eigenvalue weighted by Crippen LogP contribution is -2.45. The summed E-state index contributed by atoms with van der Waals surface area (Å²) in [5.74, 6) is 7.09. The van der Waals surface area contributed by atoms with Gasteiger partial charge in [0.1, 0.15) is 17.6 Å². The number of rotatable bonds is 28. The molecule has 10 nitrogen and oxygen atoms in total. The second-order valence-electron chi connectivity index (χ2n) is 18.7. The lowest BCUT2D eigenvalue weighted by Gasteiger charge is -2.40. The van der Waals surface area contributed by atoms with Crippen molar-refractivity contribution in [3.8, 4) is 40.2 Å². The molecule has 1 fully saturated rings. The number of para-hydroxylation sites is 1. The molecule has 0 aliphatic carbocycles.